The highest BCUT2D eigenvalue weighted by Crippen LogP contribution is 2.42. The van der Waals surface area contributed by atoms with E-state index in [2.05, 4.69) is 264 Å². The lowest BCUT2D eigenvalue weighted by molar-refractivity contribution is 1.18. The quantitative estimate of drug-likeness (QED) is 0.148. The molecule has 0 saturated carbocycles. The van der Waals surface area contributed by atoms with Crippen molar-refractivity contribution in [2.75, 3.05) is 4.90 Å². The van der Waals surface area contributed by atoms with Crippen molar-refractivity contribution < 1.29 is 0 Å². The maximum absolute atomic E-state index is 2.39. The van der Waals surface area contributed by atoms with Crippen LogP contribution >= 0.6 is 0 Å². The maximum atomic E-state index is 2.39. The molecule has 12 aromatic rings. The van der Waals surface area contributed by atoms with E-state index in [-0.39, 0.29) is 0 Å². The molecule has 0 bridgehead atoms. The predicted octanol–water partition coefficient (Wildman–Crippen LogP) is 17.2. The number of fused-ring (bicyclic) bond motifs is 5. The zero-order chi connectivity index (χ0) is 42.4. The van der Waals surface area contributed by atoms with Gasteiger partial charge in [-0.3, -0.25) is 0 Å². The highest BCUT2D eigenvalue weighted by Gasteiger charge is 2.18. The lowest BCUT2D eigenvalue weighted by Gasteiger charge is -2.26. The Bertz CT molecular complexity index is 3650. The molecule has 0 atom stereocenters. The molecule has 0 radical (unpaired) electrons. The highest BCUT2D eigenvalue weighted by molar-refractivity contribution is 6.16. The van der Waals surface area contributed by atoms with Crippen LogP contribution < -0.4 is 4.90 Å². The third kappa shape index (κ3) is 6.61. The van der Waals surface area contributed by atoms with Gasteiger partial charge in [0.1, 0.15) is 0 Å². The van der Waals surface area contributed by atoms with Crippen LogP contribution in [0.4, 0.5) is 17.1 Å². The summed E-state index contributed by atoms with van der Waals surface area (Å²) in [7, 11) is 0. The lowest BCUT2D eigenvalue weighted by atomic mass is 9.95. The van der Waals surface area contributed by atoms with Crippen molar-refractivity contribution >= 4 is 60.4 Å². The van der Waals surface area contributed by atoms with Crippen LogP contribution in [0, 0.1) is 0 Å². The molecule has 12 rings (SSSR count). The van der Waals surface area contributed by atoms with E-state index in [9.17, 15) is 0 Å². The van der Waals surface area contributed by atoms with E-state index in [0.717, 1.165) is 28.3 Å². The molecule has 0 N–H and O–H groups in total. The summed E-state index contributed by atoms with van der Waals surface area (Å²) >= 11 is 0. The molecule has 0 amide bonds. The van der Waals surface area contributed by atoms with Crippen LogP contribution in [-0.4, -0.2) is 4.57 Å². The Morgan fingerprint density at radius 2 is 0.812 bits per heavy atom. The fourth-order valence-corrected chi connectivity index (χ4v) is 9.69. The lowest BCUT2D eigenvalue weighted by Crippen LogP contribution is -2.10. The van der Waals surface area contributed by atoms with Gasteiger partial charge >= 0.3 is 0 Å². The SMILES string of the molecule is c1ccc(-n2c3ccccc3c3c(-c4cccc(-c5cccc(N(c6ccc(-c7ccc(-c8cccc9ccccc89)cc7)cc6)c6ccc7ccccc7c6)c5)c4)cccc32)cc1. The molecular weight excluding hydrogens is 773 g/mol. The molecule has 11 aromatic carbocycles. The number of hydrogen-bond acceptors (Lipinski definition) is 1. The minimum atomic E-state index is 1.10. The molecule has 0 aliphatic heterocycles. The van der Waals surface area contributed by atoms with Crippen LogP contribution in [0.3, 0.4) is 0 Å². The van der Waals surface area contributed by atoms with Gasteiger partial charge in [-0.25, -0.2) is 0 Å². The summed E-state index contributed by atoms with van der Waals surface area (Å²) < 4.78 is 2.39. The van der Waals surface area contributed by atoms with Gasteiger partial charge in [0, 0.05) is 33.5 Å². The molecule has 0 unspecified atom stereocenters. The molecular formula is C62H42N2. The molecule has 64 heavy (non-hydrogen) atoms. The van der Waals surface area contributed by atoms with Gasteiger partial charge in [0.15, 0.2) is 0 Å². The van der Waals surface area contributed by atoms with Crippen LogP contribution in [0.5, 0.6) is 0 Å². The highest BCUT2D eigenvalue weighted by atomic mass is 15.1. The van der Waals surface area contributed by atoms with Crippen molar-refractivity contribution in [2.24, 2.45) is 0 Å². The average Bonchev–Trinajstić information content (AvgIpc) is 3.72. The zero-order valence-electron chi connectivity index (χ0n) is 35.1. The van der Waals surface area contributed by atoms with Gasteiger partial charge in [0.2, 0.25) is 0 Å². The van der Waals surface area contributed by atoms with Crippen molar-refractivity contribution in [2.45, 2.75) is 0 Å². The summed E-state index contributed by atoms with van der Waals surface area (Å²) in [6.45, 7) is 0. The number of para-hydroxylation sites is 2. The Balaban J connectivity index is 0.920. The summed E-state index contributed by atoms with van der Waals surface area (Å²) in [4.78, 5) is 2.38. The van der Waals surface area contributed by atoms with Gasteiger partial charge in [0.25, 0.3) is 0 Å². The van der Waals surface area contributed by atoms with Crippen LogP contribution in [0.25, 0.3) is 93.5 Å². The van der Waals surface area contributed by atoms with Crippen molar-refractivity contribution in [1.29, 1.82) is 0 Å². The molecule has 300 valence electrons. The van der Waals surface area contributed by atoms with E-state index in [1.807, 2.05) is 0 Å². The second-order valence-corrected chi connectivity index (χ2v) is 16.5. The van der Waals surface area contributed by atoms with Gasteiger partial charge in [-0.2, -0.15) is 0 Å². The first-order valence-corrected chi connectivity index (χ1v) is 22.0. The van der Waals surface area contributed by atoms with Crippen molar-refractivity contribution in [3.63, 3.8) is 0 Å². The summed E-state index contributed by atoms with van der Waals surface area (Å²) in [5.41, 5.74) is 16.5. The van der Waals surface area contributed by atoms with Crippen molar-refractivity contribution in [3.8, 4) is 50.2 Å². The van der Waals surface area contributed by atoms with Crippen molar-refractivity contribution in [1.82, 2.24) is 4.57 Å². The Morgan fingerprint density at radius 1 is 0.266 bits per heavy atom. The fourth-order valence-electron chi connectivity index (χ4n) is 9.69. The topological polar surface area (TPSA) is 8.17 Å². The van der Waals surface area contributed by atoms with E-state index < -0.39 is 0 Å². The smallest absolute Gasteiger partial charge is 0.0547 e. The number of rotatable bonds is 8. The molecule has 1 heterocycles. The monoisotopic (exact) mass is 814 g/mol. The number of benzene rings is 11. The van der Waals surface area contributed by atoms with E-state index >= 15 is 0 Å². The third-order valence-electron chi connectivity index (χ3n) is 12.8. The average molecular weight is 815 g/mol. The normalized spacial score (nSPS) is 11.4. The van der Waals surface area contributed by atoms with E-state index in [4.69, 9.17) is 0 Å². The standard InChI is InChI=1S/C62H42N2/c1-2-21-52(22-3-1)64-60-28-9-8-25-59(60)62-58(27-13-29-61(62)64)51-20-10-18-48(40-51)50-19-11-23-54(42-50)63(55-39-36-43-14-4-5-16-49(43)41-55)53-37-34-45(35-38-53)44-30-32-47(33-31-44)57-26-12-17-46-15-6-7-24-56(46)57/h1-42H. The summed E-state index contributed by atoms with van der Waals surface area (Å²) in [5, 5.41) is 7.47. The van der Waals surface area contributed by atoms with Gasteiger partial charge in [0.05, 0.1) is 11.0 Å². The number of aromatic nitrogens is 1. The molecule has 0 spiro atoms. The Labute approximate surface area is 373 Å². The van der Waals surface area contributed by atoms with Gasteiger partial charge in [-0.1, -0.05) is 188 Å². The molecule has 0 aliphatic carbocycles. The predicted molar refractivity (Wildman–Crippen MR) is 272 cm³/mol. The molecule has 2 nitrogen and oxygen atoms in total. The Hall–Kier alpha value is -8.46. The van der Waals surface area contributed by atoms with Gasteiger partial charge in [-0.15, -0.1) is 0 Å². The molecule has 0 saturated heterocycles. The second kappa shape index (κ2) is 15.8. The largest absolute Gasteiger partial charge is 0.310 e. The molecule has 0 fully saturated rings. The second-order valence-electron chi connectivity index (χ2n) is 16.5. The van der Waals surface area contributed by atoms with Crippen LogP contribution in [0.2, 0.25) is 0 Å². The summed E-state index contributed by atoms with van der Waals surface area (Å²) in [5.74, 6) is 0. The first-order valence-electron chi connectivity index (χ1n) is 22.0. The zero-order valence-corrected chi connectivity index (χ0v) is 35.1. The van der Waals surface area contributed by atoms with Crippen LogP contribution in [0.1, 0.15) is 0 Å². The summed E-state index contributed by atoms with van der Waals surface area (Å²) in [6, 6.07) is 92.6. The first kappa shape index (κ1) is 37.3. The van der Waals surface area contributed by atoms with Gasteiger partial charge in [-0.05, 0) is 133 Å². The van der Waals surface area contributed by atoms with E-state index in [1.54, 1.807) is 0 Å². The van der Waals surface area contributed by atoms with E-state index in [1.165, 1.54) is 82.3 Å². The van der Waals surface area contributed by atoms with Crippen LogP contribution in [0.15, 0.2) is 255 Å². The number of anilines is 3. The Morgan fingerprint density at radius 3 is 1.64 bits per heavy atom. The molecule has 0 aliphatic rings. The van der Waals surface area contributed by atoms with Crippen molar-refractivity contribution in [3.05, 3.63) is 255 Å². The Kier molecular flexibility index (Phi) is 9.20. The molecule has 2 heteroatoms. The number of hydrogen-bond donors (Lipinski definition) is 0. The molecule has 1 aromatic heterocycles. The minimum Gasteiger partial charge on any atom is -0.310 e. The number of nitrogens with zero attached hydrogens (tertiary/aromatic N) is 2. The fraction of sp³-hybridized carbons (Fsp3) is 0. The maximum Gasteiger partial charge on any atom is 0.0547 e. The third-order valence-corrected chi connectivity index (χ3v) is 12.8. The van der Waals surface area contributed by atoms with Gasteiger partial charge < -0.3 is 9.47 Å². The van der Waals surface area contributed by atoms with Crippen LogP contribution in [-0.2, 0) is 0 Å². The minimum absolute atomic E-state index is 1.10. The first-order chi connectivity index (χ1) is 31.7. The van der Waals surface area contributed by atoms with E-state index in [0.29, 0.717) is 0 Å². The summed E-state index contributed by atoms with van der Waals surface area (Å²) in [6.07, 6.45) is 0.